The van der Waals surface area contributed by atoms with Gasteiger partial charge in [0.25, 0.3) is 0 Å². The van der Waals surface area contributed by atoms with Gasteiger partial charge in [0.05, 0.1) is 11.1 Å². The molecule has 0 amide bonds. The molecular formula is C19H20O3. The second-order valence-corrected chi connectivity index (χ2v) is 6.27. The minimum atomic E-state index is -0.464. The molecule has 0 aliphatic heterocycles. The average Bonchev–Trinajstić information content (AvgIpc) is 2.46. The summed E-state index contributed by atoms with van der Waals surface area (Å²) in [6.07, 6.45) is 0. The molecule has 0 unspecified atom stereocenters. The Morgan fingerprint density at radius 2 is 1.50 bits per heavy atom. The largest absolute Gasteiger partial charge is 0.422 e. The van der Waals surface area contributed by atoms with Crippen molar-refractivity contribution < 1.29 is 14.3 Å². The minimum absolute atomic E-state index is 0.0314. The Bertz CT molecular complexity index is 691. The molecule has 2 aromatic rings. The first-order valence-corrected chi connectivity index (χ1v) is 7.22. The molecule has 114 valence electrons. The van der Waals surface area contributed by atoms with E-state index >= 15 is 0 Å². The standard InChI is InChI=1S/C19H20O3/c1-13(20)16-7-5-6-8-17(16)22-18(21)14-9-11-15(12-10-14)19(2,3)4/h5-12H,1-4H3. The lowest BCUT2D eigenvalue weighted by Gasteiger charge is -2.19. The van der Waals surface area contributed by atoms with Gasteiger partial charge in [0.1, 0.15) is 5.75 Å². The number of carbonyl (C=O) groups is 2. The second kappa shape index (κ2) is 6.14. The highest BCUT2D eigenvalue weighted by Gasteiger charge is 2.16. The van der Waals surface area contributed by atoms with Gasteiger partial charge in [-0.05, 0) is 42.2 Å². The van der Waals surface area contributed by atoms with E-state index in [1.807, 2.05) is 12.1 Å². The maximum absolute atomic E-state index is 12.2. The van der Waals surface area contributed by atoms with Crippen molar-refractivity contribution in [2.75, 3.05) is 0 Å². The van der Waals surface area contributed by atoms with Crippen molar-refractivity contribution in [1.82, 2.24) is 0 Å². The van der Waals surface area contributed by atoms with Crippen LogP contribution in [0.4, 0.5) is 0 Å². The summed E-state index contributed by atoms with van der Waals surface area (Å²) in [5.74, 6) is -0.305. The van der Waals surface area contributed by atoms with Crippen molar-refractivity contribution in [2.24, 2.45) is 0 Å². The molecule has 0 saturated heterocycles. The first kappa shape index (κ1) is 16.0. The third-order valence-corrected chi connectivity index (χ3v) is 3.46. The third kappa shape index (κ3) is 3.61. The summed E-state index contributed by atoms with van der Waals surface area (Å²) in [5.41, 5.74) is 2.05. The predicted octanol–water partition coefficient (Wildman–Crippen LogP) is 4.41. The molecule has 0 atom stereocenters. The summed E-state index contributed by atoms with van der Waals surface area (Å²) in [6, 6.07) is 14.1. The molecule has 2 aromatic carbocycles. The predicted molar refractivity (Wildman–Crippen MR) is 86.5 cm³/mol. The zero-order valence-corrected chi connectivity index (χ0v) is 13.3. The fourth-order valence-corrected chi connectivity index (χ4v) is 2.11. The topological polar surface area (TPSA) is 43.4 Å². The normalized spacial score (nSPS) is 11.1. The van der Waals surface area contributed by atoms with Gasteiger partial charge < -0.3 is 4.74 Å². The van der Waals surface area contributed by atoms with Gasteiger partial charge in [0.15, 0.2) is 5.78 Å². The van der Waals surface area contributed by atoms with Crippen molar-refractivity contribution in [3.63, 3.8) is 0 Å². The molecule has 0 aliphatic rings. The maximum Gasteiger partial charge on any atom is 0.343 e. The van der Waals surface area contributed by atoms with Crippen molar-refractivity contribution >= 4 is 11.8 Å². The van der Waals surface area contributed by atoms with E-state index < -0.39 is 5.97 Å². The van der Waals surface area contributed by atoms with E-state index in [2.05, 4.69) is 20.8 Å². The Morgan fingerprint density at radius 3 is 2.05 bits per heavy atom. The summed E-state index contributed by atoms with van der Waals surface area (Å²) in [5, 5.41) is 0. The fourth-order valence-electron chi connectivity index (χ4n) is 2.11. The first-order valence-electron chi connectivity index (χ1n) is 7.22. The number of carbonyl (C=O) groups excluding carboxylic acids is 2. The molecule has 2 rings (SSSR count). The van der Waals surface area contributed by atoms with Crippen LogP contribution in [0.5, 0.6) is 5.75 Å². The maximum atomic E-state index is 12.2. The molecule has 0 spiro atoms. The lowest BCUT2D eigenvalue weighted by molar-refractivity contribution is 0.0733. The van der Waals surface area contributed by atoms with Crippen molar-refractivity contribution in [3.05, 3.63) is 65.2 Å². The van der Waals surface area contributed by atoms with Crippen LogP contribution in [-0.4, -0.2) is 11.8 Å². The second-order valence-electron chi connectivity index (χ2n) is 6.27. The highest BCUT2D eigenvalue weighted by Crippen LogP contribution is 2.23. The van der Waals surface area contributed by atoms with E-state index in [0.717, 1.165) is 5.56 Å². The number of hydrogen-bond acceptors (Lipinski definition) is 3. The van der Waals surface area contributed by atoms with Gasteiger partial charge in [0.2, 0.25) is 0 Å². The SMILES string of the molecule is CC(=O)c1ccccc1OC(=O)c1ccc(C(C)(C)C)cc1. The Kier molecular flexibility index (Phi) is 4.45. The molecule has 0 radical (unpaired) electrons. The molecule has 0 bridgehead atoms. The number of ether oxygens (including phenoxy) is 1. The molecule has 3 nitrogen and oxygen atoms in total. The molecule has 0 aliphatic carbocycles. The third-order valence-electron chi connectivity index (χ3n) is 3.46. The van der Waals surface area contributed by atoms with E-state index in [0.29, 0.717) is 16.9 Å². The quantitative estimate of drug-likeness (QED) is 0.479. The Balaban J connectivity index is 2.22. The Morgan fingerprint density at radius 1 is 0.909 bits per heavy atom. The minimum Gasteiger partial charge on any atom is -0.422 e. The Hall–Kier alpha value is -2.42. The highest BCUT2D eigenvalue weighted by molar-refractivity contribution is 5.99. The van der Waals surface area contributed by atoms with Crippen LogP contribution < -0.4 is 4.74 Å². The summed E-state index contributed by atoms with van der Waals surface area (Å²) in [6.45, 7) is 7.79. The van der Waals surface area contributed by atoms with Crippen molar-refractivity contribution in [2.45, 2.75) is 33.1 Å². The smallest absolute Gasteiger partial charge is 0.343 e. The molecule has 22 heavy (non-hydrogen) atoms. The number of hydrogen-bond donors (Lipinski definition) is 0. The number of para-hydroxylation sites is 1. The van der Waals surface area contributed by atoms with Gasteiger partial charge in [-0.15, -0.1) is 0 Å². The van der Waals surface area contributed by atoms with E-state index in [9.17, 15) is 9.59 Å². The fraction of sp³-hybridized carbons (Fsp3) is 0.263. The van der Waals surface area contributed by atoms with Gasteiger partial charge in [0, 0.05) is 0 Å². The Labute approximate surface area is 130 Å². The van der Waals surface area contributed by atoms with Gasteiger partial charge in [-0.25, -0.2) is 4.79 Å². The van der Waals surface area contributed by atoms with Gasteiger partial charge in [-0.1, -0.05) is 45.0 Å². The molecule has 0 heterocycles. The van der Waals surface area contributed by atoms with Gasteiger partial charge in [-0.2, -0.15) is 0 Å². The monoisotopic (exact) mass is 296 g/mol. The number of benzene rings is 2. The summed E-state index contributed by atoms with van der Waals surface area (Å²) >= 11 is 0. The highest BCUT2D eigenvalue weighted by atomic mass is 16.5. The molecule has 0 saturated carbocycles. The van der Waals surface area contributed by atoms with Crippen LogP contribution in [0.15, 0.2) is 48.5 Å². The first-order chi connectivity index (χ1) is 10.3. The van der Waals surface area contributed by atoms with Crippen LogP contribution in [0, 0.1) is 0 Å². The van der Waals surface area contributed by atoms with E-state index in [1.165, 1.54) is 6.92 Å². The number of esters is 1. The lowest BCUT2D eigenvalue weighted by atomic mass is 9.87. The van der Waals surface area contributed by atoms with Gasteiger partial charge >= 0.3 is 5.97 Å². The molecular weight excluding hydrogens is 276 g/mol. The van der Waals surface area contributed by atoms with Crippen molar-refractivity contribution in [1.29, 1.82) is 0 Å². The summed E-state index contributed by atoms with van der Waals surface area (Å²) in [4.78, 5) is 23.8. The van der Waals surface area contributed by atoms with Crippen LogP contribution in [-0.2, 0) is 5.41 Å². The average molecular weight is 296 g/mol. The van der Waals surface area contributed by atoms with Crippen LogP contribution in [0.3, 0.4) is 0 Å². The van der Waals surface area contributed by atoms with Crippen molar-refractivity contribution in [3.8, 4) is 5.75 Å². The van der Waals surface area contributed by atoms with Crippen LogP contribution in [0.25, 0.3) is 0 Å². The number of rotatable bonds is 3. The van der Waals surface area contributed by atoms with E-state index in [1.54, 1.807) is 36.4 Å². The van der Waals surface area contributed by atoms with Gasteiger partial charge in [-0.3, -0.25) is 4.79 Å². The van der Waals surface area contributed by atoms with E-state index in [4.69, 9.17) is 4.74 Å². The molecule has 0 fully saturated rings. The molecule has 0 aromatic heterocycles. The van der Waals surface area contributed by atoms with Crippen LogP contribution >= 0.6 is 0 Å². The number of Topliss-reactive ketones (excluding diaryl/α,β-unsaturated/α-hetero) is 1. The molecule has 0 N–H and O–H groups in total. The zero-order valence-electron chi connectivity index (χ0n) is 13.3. The number of ketones is 1. The van der Waals surface area contributed by atoms with Crippen LogP contribution in [0.2, 0.25) is 0 Å². The van der Waals surface area contributed by atoms with E-state index in [-0.39, 0.29) is 11.2 Å². The summed E-state index contributed by atoms with van der Waals surface area (Å²) < 4.78 is 5.36. The lowest BCUT2D eigenvalue weighted by Crippen LogP contribution is -2.13. The summed E-state index contributed by atoms with van der Waals surface area (Å²) in [7, 11) is 0. The molecule has 3 heteroatoms. The zero-order chi connectivity index (χ0) is 16.3. The van der Waals surface area contributed by atoms with Crippen LogP contribution in [0.1, 0.15) is 54.0 Å².